The second-order valence-electron chi connectivity index (χ2n) is 5.29. The van der Waals surface area contributed by atoms with Gasteiger partial charge in [0.15, 0.2) is 0 Å². The minimum atomic E-state index is -0.980. The highest BCUT2D eigenvalue weighted by atomic mass is 16.4. The highest BCUT2D eigenvalue weighted by molar-refractivity contribution is 5.95. The largest absolute Gasteiger partial charge is 0.480 e. The van der Waals surface area contributed by atoms with Crippen molar-refractivity contribution in [2.24, 2.45) is 0 Å². The molecule has 6 heteroatoms. The maximum Gasteiger partial charge on any atom is 0.326 e. The summed E-state index contributed by atoms with van der Waals surface area (Å²) in [7, 11) is 0. The molecule has 1 aromatic carbocycles. The summed E-state index contributed by atoms with van der Waals surface area (Å²) >= 11 is 0. The standard InChI is InChI=1S/C16H16N2O4/c1-10-13(15(19)18-9-5-8-12(18)16(20)21)22-14(17-10)11-6-3-2-4-7-11/h2-4,6-7,12H,5,8-9H2,1H3,(H,20,21)/t12-/m0/s1. The predicted octanol–water partition coefficient (Wildman–Crippen LogP) is 2.34. The van der Waals surface area contributed by atoms with Crippen molar-refractivity contribution in [1.29, 1.82) is 0 Å². The molecule has 0 unspecified atom stereocenters. The Morgan fingerprint density at radius 3 is 2.73 bits per heavy atom. The Labute approximate surface area is 127 Å². The number of hydrogen-bond acceptors (Lipinski definition) is 4. The summed E-state index contributed by atoms with van der Waals surface area (Å²) in [5.41, 5.74) is 1.25. The molecule has 1 amide bonds. The summed E-state index contributed by atoms with van der Waals surface area (Å²) in [6.07, 6.45) is 1.15. The van der Waals surface area contributed by atoms with Crippen LogP contribution in [0.2, 0.25) is 0 Å². The van der Waals surface area contributed by atoms with Crippen molar-refractivity contribution in [3.05, 3.63) is 41.8 Å². The SMILES string of the molecule is Cc1nc(-c2ccccc2)oc1C(=O)N1CCC[C@H]1C(=O)O. The summed E-state index contributed by atoms with van der Waals surface area (Å²) in [6.45, 7) is 2.12. The number of aryl methyl sites for hydroxylation is 1. The summed E-state index contributed by atoms with van der Waals surface area (Å²) in [5, 5.41) is 9.19. The van der Waals surface area contributed by atoms with Gasteiger partial charge in [0.25, 0.3) is 5.91 Å². The quantitative estimate of drug-likeness (QED) is 0.940. The predicted molar refractivity (Wildman–Crippen MR) is 78.4 cm³/mol. The molecule has 0 aliphatic carbocycles. The molecular formula is C16H16N2O4. The average Bonchev–Trinajstić information content (AvgIpc) is 3.14. The van der Waals surface area contributed by atoms with E-state index in [0.29, 0.717) is 31.0 Å². The van der Waals surface area contributed by atoms with E-state index in [1.54, 1.807) is 6.92 Å². The maximum atomic E-state index is 12.6. The number of amides is 1. The highest BCUT2D eigenvalue weighted by Gasteiger charge is 2.36. The van der Waals surface area contributed by atoms with E-state index in [1.165, 1.54) is 4.90 Å². The lowest BCUT2D eigenvalue weighted by Gasteiger charge is -2.20. The van der Waals surface area contributed by atoms with Gasteiger partial charge in [0.2, 0.25) is 11.7 Å². The molecule has 6 nitrogen and oxygen atoms in total. The Balaban J connectivity index is 1.91. The zero-order valence-electron chi connectivity index (χ0n) is 12.2. The maximum absolute atomic E-state index is 12.6. The first-order valence-corrected chi connectivity index (χ1v) is 7.14. The lowest BCUT2D eigenvalue weighted by atomic mass is 10.2. The third-order valence-corrected chi connectivity index (χ3v) is 3.81. The number of carboxylic acid groups (broad SMARTS) is 1. The summed E-state index contributed by atoms with van der Waals surface area (Å²) < 4.78 is 5.61. The molecule has 1 atom stereocenters. The van der Waals surface area contributed by atoms with Crippen LogP contribution < -0.4 is 0 Å². The van der Waals surface area contributed by atoms with Crippen LogP contribution in [0.3, 0.4) is 0 Å². The molecule has 0 radical (unpaired) electrons. The van der Waals surface area contributed by atoms with Crippen molar-refractivity contribution in [2.75, 3.05) is 6.54 Å². The molecule has 1 aromatic heterocycles. The molecule has 2 aromatic rings. The number of aliphatic carboxylic acids is 1. The van der Waals surface area contributed by atoms with Crippen LogP contribution in [0.1, 0.15) is 29.1 Å². The van der Waals surface area contributed by atoms with E-state index in [-0.39, 0.29) is 5.76 Å². The van der Waals surface area contributed by atoms with Crippen LogP contribution in [0.4, 0.5) is 0 Å². The van der Waals surface area contributed by atoms with Gasteiger partial charge < -0.3 is 14.4 Å². The van der Waals surface area contributed by atoms with E-state index < -0.39 is 17.9 Å². The van der Waals surface area contributed by atoms with E-state index in [9.17, 15) is 14.7 Å². The van der Waals surface area contributed by atoms with E-state index in [0.717, 1.165) is 5.56 Å². The van der Waals surface area contributed by atoms with E-state index in [2.05, 4.69) is 4.98 Å². The third-order valence-electron chi connectivity index (χ3n) is 3.81. The van der Waals surface area contributed by atoms with Gasteiger partial charge in [-0.3, -0.25) is 4.79 Å². The molecule has 0 bridgehead atoms. The molecule has 1 saturated heterocycles. The number of rotatable bonds is 3. The van der Waals surface area contributed by atoms with Crippen molar-refractivity contribution in [3.63, 3.8) is 0 Å². The Morgan fingerprint density at radius 1 is 1.32 bits per heavy atom. The van der Waals surface area contributed by atoms with Crippen LogP contribution in [0.15, 0.2) is 34.7 Å². The highest BCUT2D eigenvalue weighted by Crippen LogP contribution is 2.25. The van der Waals surface area contributed by atoms with Gasteiger partial charge >= 0.3 is 5.97 Å². The van der Waals surface area contributed by atoms with E-state index in [4.69, 9.17) is 4.42 Å². The number of likely N-dealkylation sites (tertiary alicyclic amines) is 1. The number of hydrogen-bond donors (Lipinski definition) is 1. The van der Waals surface area contributed by atoms with Crippen LogP contribution in [0.5, 0.6) is 0 Å². The number of oxazole rings is 1. The first kappa shape index (κ1) is 14.3. The lowest BCUT2D eigenvalue weighted by Crippen LogP contribution is -2.40. The monoisotopic (exact) mass is 300 g/mol. The summed E-state index contributed by atoms with van der Waals surface area (Å²) in [4.78, 5) is 29.4. The Morgan fingerprint density at radius 2 is 2.05 bits per heavy atom. The van der Waals surface area contributed by atoms with Gasteiger partial charge in [-0.2, -0.15) is 0 Å². The molecule has 22 heavy (non-hydrogen) atoms. The summed E-state index contributed by atoms with van der Waals surface area (Å²) in [5.74, 6) is -0.900. The molecule has 1 aliphatic rings. The smallest absolute Gasteiger partial charge is 0.326 e. The lowest BCUT2D eigenvalue weighted by molar-refractivity contribution is -0.141. The van der Waals surface area contributed by atoms with Crippen molar-refractivity contribution >= 4 is 11.9 Å². The van der Waals surface area contributed by atoms with Gasteiger partial charge in [-0.05, 0) is 31.9 Å². The number of aromatic nitrogens is 1. The van der Waals surface area contributed by atoms with Crippen LogP contribution in [0.25, 0.3) is 11.5 Å². The molecular weight excluding hydrogens is 284 g/mol. The molecule has 1 fully saturated rings. The number of carboxylic acids is 1. The van der Waals surface area contributed by atoms with Crippen LogP contribution in [-0.2, 0) is 4.79 Å². The zero-order valence-corrected chi connectivity index (χ0v) is 12.2. The first-order chi connectivity index (χ1) is 10.6. The second-order valence-corrected chi connectivity index (χ2v) is 5.29. The van der Waals surface area contributed by atoms with Crippen LogP contribution in [-0.4, -0.2) is 39.5 Å². The average molecular weight is 300 g/mol. The number of carbonyl (C=O) groups excluding carboxylic acids is 1. The molecule has 1 N–H and O–H groups in total. The molecule has 0 saturated carbocycles. The Hall–Kier alpha value is -2.63. The second kappa shape index (κ2) is 5.63. The minimum Gasteiger partial charge on any atom is -0.480 e. The van der Waals surface area contributed by atoms with Gasteiger partial charge in [0.05, 0.1) is 5.69 Å². The van der Waals surface area contributed by atoms with E-state index in [1.807, 2.05) is 30.3 Å². The van der Waals surface area contributed by atoms with Gasteiger partial charge in [0.1, 0.15) is 6.04 Å². The van der Waals surface area contributed by atoms with Crippen LogP contribution >= 0.6 is 0 Å². The van der Waals surface area contributed by atoms with Gasteiger partial charge in [-0.15, -0.1) is 0 Å². The Bertz CT molecular complexity index is 708. The third kappa shape index (κ3) is 2.47. The molecule has 1 aliphatic heterocycles. The van der Waals surface area contributed by atoms with Crippen LogP contribution in [0, 0.1) is 6.92 Å². The van der Waals surface area contributed by atoms with Gasteiger partial charge in [0, 0.05) is 12.1 Å². The minimum absolute atomic E-state index is 0.118. The first-order valence-electron chi connectivity index (χ1n) is 7.14. The van der Waals surface area contributed by atoms with Gasteiger partial charge in [-0.1, -0.05) is 18.2 Å². The van der Waals surface area contributed by atoms with Crippen molar-refractivity contribution in [2.45, 2.75) is 25.8 Å². The normalized spacial score (nSPS) is 17.7. The van der Waals surface area contributed by atoms with Crippen molar-refractivity contribution in [1.82, 2.24) is 9.88 Å². The number of carbonyl (C=O) groups is 2. The van der Waals surface area contributed by atoms with Crippen molar-refractivity contribution in [3.8, 4) is 11.5 Å². The number of nitrogens with zero attached hydrogens (tertiary/aromatic N) is 2. The fraction of sp³-hybridized carbons (Fsp3) is 0.312. The molecule has 114 valence electrons. The summed E-state index contributed by atoms with van der Waals surface area (Å²) in [6, 6.07) is 8.50. The number of benzene rings is 1. The topological polar surface area (TPSA) is 83.6 Å². The molecule has 3 rings (SSSR count). The fourth-order valence-corrected chi connectivity index (χ4v) is 2.70. The zero-order chi connectivity index (χ0) is 15.7. The van der Waals surface area contributed by atoms with E-state index >= 15 is 0 Å². The Kier molecular flexibility index (Phi) is 3.66. The van der Waals surface area contributed by atoms with Gasteiger partial charge in [-0.25, -0.2) is 9.78 Å². The molecule has 0 spiro atoms. The molecule has 2 heterocycles. The van der Waals surface area contributed by atoms with Crippen molar-refractivity contribution < 1.29 is 19.1 Å². The fourth-order valence-electron chi connectivity index (χ4n) is 2.70.